The summed E-state index contributed by atoms with van der Waals surface area (Å²) in [4.78, 5) is 11.9. The van der Waals surface area contributed by atoms with Gasteiger partial charge in [-0.05, 0) is 31.9 Å². The summed E-state index contributed by atoms with van der Waals surface area (Å²) in [5.74, 6) is -0.0177. The van der Waals surface area contributed by atoms with E-state index in [1.54, 1.807) is 0 Å². The zero-order valence-corrected chi connectivity index (χ0v) is 15.8. The number of hydrogen-bond donors (Lipinski definition) is 3. The molecule has 0 aliphatic carbocycles. The van der Waals surface area contributed by atoms with Gasteiger partial charge < -0.3 is 25.2 Å². The third-order valence-electron chi connectivity index (χ3n) is 5.06. The van der Waals surface area contributed by atoms with Crippen LogP contribution in [0.1, 0.15) is 37.8 Å². The number of carbonyl (C=O) groups is 1. The van der Waals surface area contributed by atoms with E-state index in [1.807, 2.05) is 26.0 Å². The molecule has 2 aliphatic heterocycles. The van der Waals surface area contributed by atoms with E-state index in [-0.39, 0.29) is 36.4 Å². The number of amides is 1. The van der Waals surface area contributed by atoms with Gasteiger partial charge in [-0.15, -0.1) is 0 Å². The molecule has 2 heterocycles. The number of hydrogen-bond acceptors (Lipinski definition) is 5. The Balaban J connectivity index is 1.43. The Kier molecular flexibility index (Phi) is 6.29. The number of ether oxygens (including phenoxy) is 2. The summed E-state index contributed by atoms with van der Waals surface area (Å²) in [7, 11) is 0. The maximum atomic E-state index is 11.9. The van der Waals surface area contributed by atoms with E-state index in [2.05, 4.69) is 29.7 Å². The second-order valence-electron chi connectivity index (χ2n) is 7.65. The van der Waals surface area contributed by atoms with E-state index in [1.165, 1.54) is 11.1 Å². The van der Waals surface area contributed by atoms with Gasteiger partial charge >= 0.3 is 0 Å². The maximum absolute atomic E-state index is 11.9. The fourth-order valence-corrected chi connectivity index (χ4v) is 3.75. The maximum Gasteiger partial charge on any atom is 0.222 e. The van der Waals surface area contributed by atoms with Gasteiger partial charge in [0, 0.05) is 25.6 Å². The topological polar surface area (TPSA) is 79.8 Å². The first-order valence-electron chi connectivity index (χ1n) is 9.47. The quantitative estimate of drug-likeness (QED) is 0.681. The highest BCUT2D eigenvalue weighted by molar-refractivity contribution is 5.76. The summed E-state index contributed by atoms with van der Waals surface area (Å²) in [6.07, 6.45) is -0.621. The van der Waals surface area contributed by atoms with Crippen LogP contribution in [0.4, 0.5) is 0 Å². The minimum Gasteiger partial charge on any atom is -0.388 e. The summed E-state index contributed by atoms with van der Waals surface area (Å²) >= 11 is 0. The number of nitrogens with one attached hydrogen (secondary N) is 2. The predicted molar refractivity (Wildman–Crippen MR) is 98.7 cm³/mol. The second kappa shape index (κ2) is 8.48. The first-order chi connectivity index (χ1) is 12.4. The van der Waals surface area contributed by atoms with E-state index < -0.39 is 6.10 Å². The van der Waals surface area contributed by atoms with Crippen LogP contribution < -0.4 is 10.6 Å². The molecule has 0 bridgehead atoms. The molecule has 2 saturated heterocycles. The van der Waals surface area contributed by atoms with Crippen molar-refractivity contribution in [3.63, 3.8) is 0 Å². The molecule has 3 N–H and O–H groups in total. The molecule has 6 nitrogen and oxygen atoms in total. The van der Waals surface area contributed by atoms with E-state index >= 15 is 0 Å². The summed E-state index contributed by atoms with van der Waals surface area (Å²) in [6.45, 7) is 7.27. The summed E-state index contributed by atoms with van der Waals surface area (Å²) in [5.41, 5.74) is 2.49. The van der Waals surface area contributed by atoms with Crippen molar-refractivity contribution in [2.24, 2.45) is 0 Å². The number of carbonyl (C=O) groups excluding carboxylic acids is 1. The molecular formula is C20H30N2O4. The van der Waals surface area contributed by atoms with Crippen LogP contribution in [0.3, 0.4) is 0 Å². The summed E-state index contributed by atoms with van der Waals surface area (Å²) in [5, 5.41) is 16.8. The largest absolute Gasteiger partial charge is 0.388 e. The van der Waals surface area contributed by atoms with Gasteiger partial charge in [0.2, 0.25) is 5.91 Å². The van der Waals surface area contributed by atoms with E-state index in [9.17, 15) is 9.90 Å². The van der Waals surface area contributed by atoms with Gasteiger partial charge in [-0.2, -0.15) is 0 Å². The van der Waals surface area contributed by atoms with Gasteiger partial charge in [-0.1, -0.05) is 24.3 Å². The molecule has 2 aliphatic rings. The molecule has 26 heavy (non-hydrogen) atoms. The number of fused-ring (bicyclic) bond motifs is 1. The standard InChI is InChI=1S/C20H30N2O4/c1-12(2)22-18(23)9-15-8-16-20(25-15)19(24)17(26-16)11-21-10-14-7-5-4-6-13(14)3/h4-7,12,15-17,19-21,24H,8-11H2,1-3H3,(H,22,23)/t15-,16+,17+,19+,20-/m0/s1. The highest BCUT2D eigenvalue weighted by atomic mass is 16.6. The lowest BCUT2D eigenvalue weighted by atomic mass is 10.1. The highest BCUT2D eigenvalue weighted by Crippen LogP contribution is 2.35. The normalized spacial score (nSPS) is 30.6. The van der Waals surface area contributed by atoms with Crippen molar-refractivity contribution in [1.29, 1.82) is 0 Å². The Morgan fingerprint density at radius 1 is 1.31 bits per heavy atom. The minimum absolute atomic E-state index is 0.0177. The average Bonchev–Trinajstić information content (AvgIpc) is 3.08. The molecule has 0 saturated carbocycles. The van der Waals surface area contributed by atoms with Crippen molar-refractivity contribution in [2.45, 2.75) is 76.7 Å². The van der Waals surface area contributed by atoms with E-state index in [0.717, 1.165) is 6.54 Å². The molecule has 2 fully saturated rings. The Morgan fingerprint density at radius 2 is 2.08 bits per heavy atom. The van der Waals surface area contributed by atoms with Gasteiger partial charge in [0.1, 0.15) is 12.2 Å². The Hall–Kier alpha value is -1.47. The molecule has 0 radical (unpaired) electrons. The van der Waals surface area contributed by atoms with Gasteiger partial charge in [-0.3, -0.25) is 4.79 Å². The average molecular weight is 362 g/mol. The van der Waals surface area contributed by atoms with Crippen LogP contribution in [0.25, 0.3) is 0 Å². The van der Waals surface area contributed by atoms with Crippen LogP contribution in [0.5, 0.6) is 0 Å². The molecule has 0 aromatic heterocycles. The molecule has 144 valence electrons. The van der Waals surface area contributed by atoms with Crippen LogP contribution in [0.2, 0.25) is 0 Å². The van der Waals surface area contributed by atoms with Crippen molar-refractivity contribution in [2.75, 3.05) is 6.54 Å². The van der Waals surface area contributed by atoms with Crippen molar-refractivity contribution < 1.29 is 19.4 Å². The van der Waals surface area contributed by atoms with Crippen molar-refractivity contribution in [3.8, 4) is 0 Å². The molecule has 1 aromatic rings. The fourth-order valence-electron chi connectivity index (χ4n) is 3.75. The Bertz CT molecular complexity index is 622. The third-order valence-corrected chi connectivity index (χ3v) is 5.06. The third kappa shape index (κ3) is 4.62. The first-order valence-corrected chi connectivity index (χ1v) is 9.47. The molecule has 6 heteroatoms. The van der Waals surface area contributed by atoms with Crippen molar-refractivity contribution >= 4 is 5.91 Å². The van der Waals surface area contributed by atoms with E-state index in [0.29, 0.717) is 19.4 Å². The van der Waals surface area contributed by atoms with Crippen LogP contribution in [0.15, 0.2) is 24.3 Å². The lowest BCUT2D eigenvalue weighted by Crippen LogP contribution is -2.39. The number of benzene rings is 1. The molecule has 5 atom stereocenters. The van der Waals surface area contributed by atoms with Gasteiger partial charge in [0.15, 0.2) is 0 Å². The molecule has 1 aromatic carbocycles. The first kappa shape index (κ1) is 19.3. The van der Waals surface area contributed by atoms with Crippen LogP contribution in [-0.4, -0.2) is 54.1 Å². The van der Waals surface area contributed by atoms with Crippen LogP contribution in [0, 0.1) is 6.92 Å². The molecule has 3 rings (SSSR count). The summed E-state index contributed by atoms with van der Waals surface area (Å²) in [6, 6.07) is 8.36. The molecule has 0 unspecified atom stereocenters. The minimum atomic E-state index is -0.664. The number of aliphatic hydroxyl groups is 1. The molecule has 0 spiro atoms. The highest BCUT2D eigenvalue weighted by Gasteiger charge is 2.50. The summed E-state index contributed by atoms with van der Waals surface area (Å²) < 4.78 is 11.9. The SMILES string of the molecule is Cc1ccccc1CNC[C@H]1O[C@@H]2C[C@@H](CC(=O)NC(C)C)O[C@@H]2[C@@H]1O. The molecular weight excluding hydrogens is 332 g/mol. The zero-order valence-electron chi connectivity index (χ0n) is 15.8. The monoisotopic (exact) mass is 362 g/mol. The smallest absolute Gasteiger partial charge is 0.222 e. The van der Waals surface area contributed by atoms with Crippen molar-refractivity contribution in [1.82, 2.24) is 10.6 Å². The number of aliphatic hydroxyl groups excluding tert-OH is 1. The molecule has 1 amide bonds. The zero-order chi connectivity index (χ0) is 18.7. The van der Waals surface area contributed by atoms with Gasteiger partial charge in [0.05, 0.1) is 24.7 Å². The van der Waals surface area contributed by atoms with Gasteiger partial charge in [-0.25, -0.2) is 0 Å². The van der Waals surface area contributed by atoms with E-state index in [4.69, 9.17) is 9.47 Å². The number of rotatable bonds is 7. The Morgan fingerprint density at radius 3 is 2.77 bits per heavy atom. The van der Waals surface area contributed by atoms with Crippen LogP contribution in [-0.2, 0) is 20.8 Å². The van der Waals surface area contributed by atoms with Crippen LogP contribution >= 0.6 is 0 Å². The van der Waals surface area contributed by atoms with Crippen molar-refractivity contribution in [3.05, 3.63) is 35.4 Å². The number of aryl methyl sites for hydroxylation is 1. The predicted octanol–water partition coefficient (Wildman–Crippen LogP) is 1.29. The van der Waals surface area contributed by atoms with Gasteiger partial charge in [0.25, 0.3) is 0 Å². The lowest BCUT2D eigenvalue weighted by Gasteiger charge is -2.20. The second-order valence-corrected chi connectivity index (χ2v) is 7.65. The fraction of sp³-hybridized carbons (Fsp3) is 0.650. The Labute approximate surface area is 155 Å². The lowest BCUT2D eigenvalue weighted by molar-refractivity contribution is -0.125.